The zero-order valence-electron chi connectivity index (χ0n) is 14.2. The molecule has 1 aliphatic carbocycles. The van der Waals surface area contributed by atoms with Gasteiger partial charge in [-0.3, -0.25) is 9.78 Å². The quantitative estimate of drug-likeness (QED) is 0.921. The van der Waals surface area contributed by atoms with E-state index in [4.69, 9.17) is 0 Å². The van der Waals surface area contributed by atoms with Crippen molar-refractivity contribution in [1.29, 1.82) is 0 Å². The van der Waals surface area contributed by atoms with Gasteiger partial charge in [-0.2, -0.15) is 0 Å². The van der Waals surface area contributed by atoms with Crippen molar-refractivity contribution in [1.82, 2.24) is 9.88 Å². The van der Waals surface area contributed by atoms with Crippen LogP contribution < -0.4 is 0 Å². The fraction of sp³-hybridized carbons (Fsp3) is 0.500. The zero-order valence-corrected chi connectivity index (χ0v) is 14.2. The molecule has 1 unspecified atom stereocenters. The van der Waals surface area contributed by atoms with Crippen LogP contribution in [0.15, 0.2) is 36.5 Å². The molecule has 1 atom stereocenters. The first-order valence-corrected chi connectivity index (χ1v) is 8.93. The average Bonchev–Trinajstić information content (AvgIpc) is 2.65. The van der Waals surface area contributed by atoms with Gasteiger partial charge in [0.05, 0.1) is 11.1 Å². The van der Waals surface area contributed by atoms with Crippen molar-refractivity contribution < 1.29 is 9.90 Å². The number of carbonyl (C=O) groups excluding carboxylic acids is 1. The summed E-state index contributed by atoms with van der Waals surface area (Å²) in [4.78, 5) is 19.1. The zero-order chi connectivity index (χ0) is 16.8. The Kier molecular flexibility index (Phi) is 3.61. The van der Waals surface area contributed by atoms with E-state index in [2.05, 4.69) is 11.9 Å². The van der Waals surface area contributed by atoms with Gasteiger partial charge in [-0.1, -0.05) is 13.0 Å². The lowest BCUT2D eigenvalue weighted by Crippen LogP contribution is -2.61. The normalized spacial score (nSPS) is 25.7. The maximum atomic E-state index is 12.8. The molecule has 4 nitrogen and oxygen atoms in total. The summed E-state index contributed by atoms with van der Waals surface area (Å²) in [6.07, 6.45) is 6.42. The van der Waals surface area contributed by atoms with Crippen molar-refractivity contribution >= 4 is 16.8 Å². The third-order valence-corrected chi connectivity index (χ3v) is 6.45. The summed E-state index contributed by atoms with van der Waals surface area (Å²) in [7, 11) is 0. The summed E-state index contributed by atoms with van der Waals surface area (Å²) in [6, 6.07) is 9.59. The molecule has 1 spiro atoms. The number of rotatable bonds is 2. The molecule has 4 rings (SSSR count). The van der Waals surface area contributed by atoms with Crippen molar-refractivity contribution in [2.75, 3.05) is 13.1 Å². The Balaban J connectivity index is 1.50. The molecule has 4 heteroatoms. The Morgan fingerprint density at radius 1 is 1.21 bits per heavy atom. The lowest BCUT2D eigenvalue weighted by Gasteiger charge is -2.59. The third-order valence-electron chi connectivity index (χ3n) is 6.45. The maximum Gasteiger partial charge on any atom is 0.253 e. The van der Waals surface area contributed by atoms with Crippen molar-refractivity contribution in [3.05, 3.63) is 42.1 Å². The predicted octanol–water partition coefficient (Wildman–Crippen LogP) is 3.39. The number of aromatic nitrogens is 1. The first-order chi connectivity index (χ1) is 11.6. The lowest BCUT2D eigenvalue weighted by molar-refractivity contribution is -0.188. The van der Waals surface area contributed by atoms with Crippen LogP contribution in [0.25, 0.3) is 10.9 Å². The van der Waals surface area contributed by atoms with Crippen molar-refractivity contribution in [3.8, 4) is 0 Å². The van der Waals surface area contributed by atoms with E-state index in [-0.39, 0.29) is 11.3 Å². The van der Waals surface area contributed by atoms with Crippen LogP contribution in [0.5, 0.6) is 0 Å². The molecule has 2 fully saturated rings. The Labute approximate surface area is 142 Å². The molecule has 0 radical (unpaired) electrons. The molecule has 126 valence electrons. The van der Waals surface area contributed by atoms with Gasteiger partial charge in [-0.15, -0.1) is 0 Å². The summed E-state index contributed by atoms with van der Waals surface area (Å²) < 4.78 is 0. The Hall–Kier alpha value is -1.94. The summed E-state index contributed by atoms with van der Waals surface area (Å²) >= 11 is 0. The first-order valence-electron chi connectivity index (χ1n) is 8.93. The minimum absolute atomic E-state index is 0.0475. The third kappa shape index (κ3) is 2.24. The van der Waals surface area contributed by atoms with E-state index in [1.807, 2.05) is 35.2 Å². The van der Waals surface area contributed by atoms with E-state index in [0.717, 1.165) is 61.7 Å². The van der Waals surface area contributed by atoms with E-state index in [1.165, 1.54) is 0 Å². The summed E-state index contributed by atoms with van der Waals surface area (Å²) in [5.74, 6) is 0.0926. The topological polar surface area (TPSA) is 53.4 Å². The smallest absolute Gasteiger partial charge is 0.253 e. The van der Waals surface area contributed by atoms with E-state index < -0.39 is 5.60 Å². The number of hydrogen-bond donors (Lipinski definition) is 1. The Morgan fingerprint density at radius 3 is 2.67 bits per heavy atom. The fourth-order valence-electron chi connectivity index (χ4n) is 4.56. The summed E-state index contributed by atoms with van der Waals surface area (Å²) in [5.41, 5.74) is 1.18. The molecule has 1 aromatic heterocycles. The van der Waals surface area contributed by atoms with Gasteiger partial charge in [0, 0.05) is 35.7 Å². The maximum absolute atomic E-state index is 12.8. The SMILES string of the molecule is CCC1(O)CCC12CCN(C(=O)c1ccc3ncccc3c1)CC2. The molecule has 24 heavy (non-hydrogen) atoms. The van der Waals surface area contributed by atoms with Crippen LogP contribution in [-0.2, 0) is 0 Å². The van der Waals surface area contributed by atoms with E-state index in [0.29, 0.717) is 0 Å². The van der Waals surface area contributed by atoms with Gasteiger partial charge >= 0.3 is 0 Å². The molecule has 0 bridgehead atoms. The largest absolute Gasteiger partial charge is 0.389 e. The number of pyridine rings is 1. The highest BCUT2D eigenvalue weighted by atomic mass is 16.3. The van der Waals surface area contributed by atoms with Crippen molar-refractivity contribution in [3.63, 3.8) is 0 Å². The number of likely N-dealkylation sites (tertiary alicyclic amines) is 1. The van der Waals surface area contributed by atoms with Gasteiger partial charge in [-0.05, 0) is 56.4 Å². The Bertz CT molecular complexity index is 776. The van der Waals surface area contributed by atoms with Crippen LogP contribution in [0.2, 0.25) is 0 Å². The van der Waals surface area contributed by atoms with Crippen LogP contribution in [0.4, 0.5) is 0 Å². The molecule has 1 aromatic carbocycles. The van der Waals surface area contributed by atoms with Crippen LogP contribution in [0, 0.1) is 5.41 Å². The predicted molar refractivity (Wildman–Crippen MR) is 93.8 cm³/mol. The minimum atomic E-state index is -0.503. The number of amides is 1. The molecule has 1 amide bonds. The summed E-state index contributed by atoms with van der Waals surface area (Å²) in [5, 5.41) is 11.7. The number of fused-ring (bicyclic) bond motifs is 1. The molecular formula is C20H24N2O2. The molecule has 1 N–H and O–H groups in total. The molecule has 2 heterocycles. The van der Waals surface area contributed by atoms with Gasteiger partial charge in [0.2, 0.25) is 0 Å². The van der Waals surface area contributed by atoms with Crippen LogP contribution >= 0.6 is 0 Å². The van der Waals surface area contributed by atoms with Crippen LogP contribution in [-0.4, -0.2) is 39.6 Å². The summed E-state index contributed by atoms with van der Waals surface area (Å²) in [6.45, 7) is 3.56. The minimum Gasteiger partial charge on any atom is -0.389 e. The number of carbonyl (C=O) groups is 1. The molecule has 2 aromatic rings. The average molecular weight is 324 g/mol. The molecule has 1 saturated carbocycles. The van der Waals surface area contributed by atoms with Crippen LogP contribution in [0.1, 0.15) is 49.4 Å². The molecule has 2 aliphatic rings. The van der Waals surface area contributed by atoms with E-state index in [1.54, 1.807) is 6.20 Å². The number of piperidine rings is 1. The van der Waals surface area contributed by atoms with Gasteiger partial charge in [-0.25, -0.2) is 0 Å². The fourth-order valence-corrected chi connectivity index (χ4v) is 4.56. The monoisotopic (exact) mass is 324 g/mol. The number of nitrogens with zero attached hydrogens (tertiary/aromatic N) is 2. The van der Waals surface area contributed by atoms with E-state index in [9.17, 15) is 9.90 Å². The second kappa shape index (κ2) is 5.55. The molecular weight excluding hydrogens is 300 g/mol. The number of hydrogen-bond acceptors (Lipinski definition) is 3. The second-order valence-corrected chi connectivity index (χ2v) is 7.37. The van der Waals surface area contributed by atoms with Crippen molar-refractivity contribution in [2.45, 2.75) is 44.6 Å². The molecule has 1 aliphatic heterocycles. The van der Waals surface area contributed by atoms with Gasteiger partial charge < -0.3 is 10.0 Å². The van der Waals surface area contributed by atoms with Crippen molar-refractivity contribution in [2.24, 2.45) is 5.41 Å². The second-order valence-electron chi connectivity index (χ2n) is 7.37. The lowest BCUT2D eigenvalue weighted by atomic mass is 9.51. The van der Waals surface area contributed by atoms with Gasteiger partial charge in [0.25, 0.3) is 5.91 Å². The highest BCUT2D eigenvalue weighted by molar-refractivity contribution is 5.98. The first kappa shape index (κ1) is 15.6. The van der Waals surface area contributed by atoms with E-state index >= 15 is 0 Å². The number of aliphatic hydroxyl groups is 1. The Morgan fingerprint density at radius 2 is 2.00 bits per heavy atom. The highest BCUT2D eigenvalue weighted by Gasteiger charge is 2.57. The molecule has 1 saturated heterocycles. The van der Waals surface area contributed by atoms with Gasteiger partial charge in [0.1, 0.15) is 0 Å². The standard InChI is InChI=1S/C20H24N2O2/c1-2-20(24)8-7-19(20)9-12-22(13-10-19)18(23)16-5-6-17-15(14-16)4-3-11-21-17/h3-6,11,14,24H,2,7-10,12-13H2,1H3. The van der Waals surface area contributed by atoms with Gasteiger partial charge in [0.15, 0.2) is 0 Å². The van der Waals surface area contributed by atoms with Crippen LogP contribution in [0.3, 0.4) is 0 Å². The highest BCUT2D eigenvalue weighted by Crippen LogP contribution is 2.57. The number of benzene rings is 1.